The summed E-state index contributed by atoms with van der Waals surface area (Å²) in [5.41, 5.74) is 1.49. The third kappa shape index (κ3) is 3.68. The van der Waals surface area contributed by atoms with Gasteiger partial charge in [-0.2, -0.15) is 0 Å². The van der Waals surface area contributed by atoms with Gasteiger partial charge in [0.1, 0.15) is 0 Å². The van der Waals surface area contributed by atoms with Crippen LogP contribution in [0.4, 0.5) is 11.9 Å². The van der Waals surface area contributed by atoms with E-state index in [0.29, 0.717) is 40.9 Å². The van der Waals surface area contributed by atoms with Crippen LogP contribution in [-0.4, -0.2) is 46.3 Å². The number of nitrogens with zero attached hydrogens (tertiary/aromatic N) is 4. The van der Waals surface area contributed by atoms with Crippen LogP contribution in [0.1, 0.15) is 37.8 Å². The first kappa shape index (κ1) is 19.7. The summed E-state index contributed by atoms with van der Waals surface area (Å²) in [6.07, 6.45) is 8.26. The van der Waals surface area contributed by atoms with Crippen molar-refractivity contribution in [2.45, 2.75) is 51.2 Å². The van der Waals surface area contributed by atoms with Crippen LogP contribution in [0.2, 0.25) is 0 Å². The van der Waals surface area contributed by atoms with Crippen molar-refractivity contribution in [1.29, 1.82) is 0 Å². The quantitative estimate of drug-likeness (QED) is 0.650. The molecule has 31 heavy (non-hydrogen) atoms. The molecule has 0 radical (unpaired) electrons. The molecular weight excluding hydrogens is 396 g/mol. The molecule has 1 aliphatic heterocycles. The van der Waals surface area contributed by atoms with E-state index in [1.807, 2.05) is 6.20 Å². The van der Waals surface area contributed by atoms with Gasteiger partial charge in [-0.15, -0.1) is 0 Å². The molecule has 0 amide bonds. The summed E-state index contributed by atoms with van der Waals surface area (Å²) < 4.78 is 12.9. The SMILES string of the molecule is COc1cc2nc(N3CCn4c(cnc4NC4CCCCC4)C3)[nH]c(=O)c2cc1OC. The van der Waals surface area contributed by atoms with Crippen molar-refractivity contribution in [3.05, 3.63) is 34.4 Å². The number of nitrogens with one attached hydrogen (secondary N) is 2. The van der Waals surface area contributed by atoms with E-state index >= 15 is 0 Å². The predicted octanol–water partition coefficient (Wildman–Crippen LogP) is 2.90. The van der Waals surface area contributed by atoms with Crippen molar-refractivity contribution in [3.63, 3.8) is 0 Å². The van der Waals surface area contributed by atoms with E-state index in [4.69, 9.17) is 14.5 Å². The van der Waals surface area contributed by atoms with Crippen LogP contribution in [0, 0.1) is 0 Å². The van der Waals surface area contributed by atoms with Gasteiger partial charge in [0.25, 0.3) is 5.56 Å². The molecule has 0 saturated heterocycles. The number of fused-ring (bicyclic) bond motifs is 2. The molecule has 1 fully saturated rings. The van der Waals surface area contributed by atoms with Crippen molar-refractivity contribution in [3.8, 4) is 11.5 Å². The monoisotopic (exact) mass is 424 g/mol. The highest BCUT2D eigenvalue weighted by molar-refractivity contribution is 5.82. The first-order chi connectivity index (χ1) is 15.2. The fraction of sp³-hybridized carbons (Fsp3) is 0.500. The molecule has 3 aromatic rings. The highest BCUT2D eigenvalue weighted by atomic mass is 16.5. The molecule has 0 atom stereocenters. The van der Waals surface area contributed by atoms with E-state index in [0.717, 1.165) is 24.7 Å². The molecule has 1 aliphatic carbocycles. The van der Waals surface area contributed by atoms with Gasteiger partial charge < -0.3 is 24.3 Å². The summed E-state index contributed by atoms with van der Waals surface area (Å²) in [7, 11) is 3.12. The van der Waals surface area contributed by atoms with Gasteiger partial charge in [-0.1, -0.05) is 19.3 Å². The smallest absolute Gasteiger partial charge is 0.260 e. The maximum Gasteiger partial charge on any atom is 0.260 e. The van der Waals surface area contributed by atoms with Gasteiger partial charge in [0, 0.05) is 25.2 Å². The second-order valence-electron chi connectivity index (χ2n) is 8.24. The summed E-state index contributed by atoms with van der Waals surface area (Å²) in [4.78, 5) is 27.1. The first-order valence-corrected chi connectivity index (χ1v) is 10.9. The second kappa shape index (κ2) is 8.13. The Hall–Kier alpha value is -3.23. The Kier molecular flexibility index (Phi) is 5.17. The summed E-state index contributed by atoms with van der Waals surface area (Å²) in [5.74, 6) is 2.57. The number of imidazole rings is 1. The van der Waals surface area contributed by atoms with Crippen molar-refractivity contribution in [1.82, 2.24) is 19.5 Å². The molecule has 1 saturated carbocycles. The topological polar surface area (TPSA) is 97.3 Å². The summed E-state index contributed by atoms with van der Waals surface area (Å²) in [6, 6.07) is 3.93. The number of ether oxygens (including phenoxy) is 2. The number of anilines is 2. The second-order valence-corrected chi connectivity index (χ2v) is 8.24. The van der Waals surface area contributed by atoms with Crippen LogP contribution in [0.5, 0.6) is 11.5 Å². The Labute approximate surface area is 180 Å². The Morgan fingerprint density at radius 3 is 2.65 bits per heavy atom. The number of H-pyrrole nitrogens is 1. The summed E-state index contributed by atoms with van der Waals surface area (Å²) >= 11 is 0. The van der Waals surface area contributed by atoms with E-state index in [1.165, 1.54) is 32.1 Å². The third-order valence-electron chi connectivity index (χ3n) is 6.32. The maximum atomic E-state index is 12.7. The predicted molar refractivity (Wildman–Crippen MR) is 119 cm³/mol. The Morgan fingerprint density at radius 1 is 1.10 bits per heavy atom. The van der Waals surface area contributed by atoms with E-state index in [2.05, 4.69) is 24.8 Å². The molecule has 1 aromatic carbocycles. The number of methoxy groups -OCH3 is 2. The fourth-order valence-corrected chi connectivity index (χ4v) is 4.61. The normalized spacial score (nSPS) is 16.9. The molecule has 2 aliphatic rings. The third-order valence-corrected chi connectivity index (χ3v) is 6.32. The standard InChI is InChI=1S/C22H28N6O3/c1-30-18-10-16-17(11-19(18)31-2)25-22(26-20(16)29)27-8-9-28-15(13-27)12-23-21(28)24-14-6-4-3-5-7-14/h10-12,14H,3-9,13H2,1-2H3,(H,23,24)(H,25,26,29). The number of rotatable bonds is 5. The molecule has 3 heterocycles. The lowest BCUT2D eigenvalue weighted by molar-refractivity contribution is 0.355. The molecule has 9 nitrogen and oxygen atoms in total. The number of benzene rings is 1. The molecule has 0 spiro atoms. The number of aromatic nitrogens is 4. The minimum atomic E-state index is -0.195. The number of hydrogen-bond acceptors (Lipinski definition) is 7. The lowest BCUT2D eigenvalue weighted by Crippen LogP contribution is -2.36. The molecule has 0 unspecified atom stereocenters. The maximum absolute atomic E-state index is 12.7. The van der Waals surface area contributed by atoms with Crippen molar-refractivity contribution in [2.75, 3.05) is 31.0 Å². The van der Waals surface area contributed by atoms with Gasteiger partial charge in [-0.3, -0.25) is 9.78 Å². The summed E-state index contributed by atoms with van der Waals surface area (Å²) in [6.45, 7) is 2.17. The van der Waals surface area contributed by atoms with Gasteiger partial charge in [-0.05, 0) is 18.9 Å². The van der Waals surface area contributed by atoms with Crippen LogP contribution in [0.25, 0.3) is 10.9 Å². The van der Waals surface area contributed by atoms with Gasteiger partial charge in [0.2, 0.25) is 11.9 Å². The average Bonchev–Trinajstić information content (AvgIpc) is 3.20. The van der Waals surface area contributed by atoms with Crippen molar-refractivity contribution < 1.29 is 9.47 Å². The van der Waals surface area contributed by atoms with Gasteiger partial charge in [0.15, 0.2) is 11.5 Å². The molecule has 2 aromatic heterocycles. The highest BCUT2D eigenvalue weighted by Gasteiger charge is 2.24. The number of hydrogen-bond donors (Lipinski definition) is 2. The van der Waals surface area contributed by atoms with E-state index in [9.17, 15) is 4.79 Å². The molecule has 9 heteroatoms. The first-order valence-electron chi connectivity index (χ1n) is 10.9. The van der Waals surface area contributed by atoms with Crippen LogP contribution < -0.4 is 25.2 Å². The molecule has 5 rings (SSSR count). The minimum absolute atomic E-state index is 0.195. The molecule has 0 bridgehead atoms. The van der Waals surface area contributed by atoms with E-state index in [1.54, 1.807) is 26.4 Å². The molecule has 2 N–H and O–H groups in total. The van der Waals surface area contributed by atoms with E-state index in [-0.39, 0.29) is 5.56 Å². The van der Waals surface area contributed by atoms with Crippen molar-refractivity contribution >= 4 is 22.8 Å². The lowest BCUT2D eigenvalue weighted by atomic mass is 9.96. The van der Waals surface area contributed by atoms with Crippen LogP contribution in [-0.2, 0) is 13.1 Å². The van der Waals surface area contributed by atoms with E-state index < -0.39 is 0 Å². The molecule has 164 valence electrons. The minimum Gasteiger partial charge on any atom is -0.493 e. The zero-order chi connectivity index (χ0) is 21.4. The van der Waals surface area contributed by atoms with Crippen LogP contribution in [0.3, 0.4) is 0 Å². The summed E-state index contributed by atoms with van der Waals surface area (Å²) in [5, 5.41) is 4.11. The zero-order valence-electron chi connectivity index (χ0n) is 18.0. The van der Waals surface area contributed by atoms with Gasteiger partial charge in [-0.25, -0.2) is 9.97 Å². The fourth-order valence-electron chi connectivity index (χ4n) is 4.61. The van der Waals surface area contributed by atoms with Crippen molar-refractivity contribution in [2.24, 2.45) is 0 Å². The van der Waals surface area contributed by atoms with Crippen LogP contribution in [0.15, 0.2) is 23.1 Å². The lowest BCUT2D eigenvalue weighted by Gasteiger charge is -2.30. The van der Waals surface area contributed by atoms with Gasteiger partial charge in [0.05, 0.1) is 43.6 Å². The molecular formula is C22H28N6O3. The zero-order valence-corrected chi connectivity index (χ0v) is 18.0. The van der Waals surface area contributed by atoms with Crippen LogP contribution >= 0.6 is 0 Å². The number of aromatic amines is 1. The Bertz CT molecular complexity index is 1150. The average molecular weight is 425 g/mol. The Morgan fingerprint density at radius 2 is 1.87 bits per heavy atom. The van der Waals surface area contributed by atoms with Gasteiger partial charge >= 0.3 is 0 Å². The highest BCUT2D eigenvalue weighted by Crippen LogP contribution is 2.31. The Balaban J connectivity index is 1.40. The largest absolute Gasteiger partial charge is 0.493 e.